The molecule has 0 saturated carbocycles. The van der Waals surface area contributed by atoms with Crippen molar-refractivity contribution in [2.45, 2.75) is 20.0 Å². The zero-order valence-electron chi connectivity index (χ0n) is 19.1. The maximum atomic E-state index is 12.2. The van der Waals surface area contributed by atoms with E-state index in [1.54, 1.807) is 37.3 Å². The molecule has 0 spiro atoms. The van der Waals surface area contributed by atoms with Crippen LogP contribution >= 0.6 is 11.6 Å². The van der Waals surface area contributed by atoms with Gasteiger partial charge in [0.1, 0.15) is 6.61 Å². The molecule has 0 radical (unpaired) electrons. The molecule has 1 amide bonds. The van der Waals surface area contributed by atoms with Crippen LogP contribution < -0.4 is 14.9 Å². The molecule has 0 aliphatic rings. The number of hydrogen-bond acceptors (Lipinski definition) is 7. The van der Waals surface area contributed by atoms with Gasteiger partial charge in [-0.05, 0) is 42.3 Å². The second-order valence-electron chi connectivity index (χ2n) is 7.41. The lowest BCUT2D eigenvalue weighted by Gasteiger charge is -2.14. The molecule has 10 nitrogen and oxygen atoms in total. The van der Waals surface area contributed by atoms with Crippen LogP contribution in [0, 0.1) is 10.1 Å². The molecule has 0 heterocycles. The van der Waals surface area contributed by atoms with E-state index in [2.05, 4.69) is 10.5 Å². The van der Waals surface area contributed by atoms with Gasteiger partial charge in [0, 0.05) is 11.6 Å². The number of rotatable bonds is 11. The van der Waals surface area contributed by atoms with Crippen molar-refractivity contribution in [1.82, 2.24) is 5.43 Å². The van der Waals surface area contributed by atoms with Gasteiger partial charge in [0.05, 0.1) is 34.8 Å². The summed E-state index contributed by atoms with van der Waals surface area (Å²) in [7, 11) is 0. The molecule has 3 rings (SSSR count). The topological polar surface area (TPSA) is 140 Å². The number of carbonyl (C=O) groups is 2. The number of hydrazone groups is 1. The van der Waals surface area contributed by atoms with Crippen molar-refractivity contribution in [3.05, 3.63) is 98.1 Å². The highest BCUT2D eigenvalue weighted by Crippen LogP contribution is 2.37. The molecule has 0 fully saturated rings. The highest BCUT2D eigenvalue weighted by molar-refractivity contribution is 6.32. The maximum Gasteiger partial charge on any atom is 0.335 e. The van der Waals surface area contributed by atoms with Gasteiger partial charge in [0.25, 0.3) is 5.69 Å². The Labute approximate surface area is 211 Å². The summed E-state index contributed by atoms with van der Waals surface area (Å²) in [6.45, 7) is 2.18. The van der Waals surface area contributed by atoms with Gasteiger partial charge in [0.2, 0.25) is 5.91 Å². The van der Waals surface area contributed by atoms with Gasteiger partial charge in [-0.3, -0.25) is 14.9 Å². The Morgan fingerprint density at radius 1 is 1.14 bits per heavy atom. The van der Waals surface area contributed by atoms with E-state index in [0.717, 1.165) is 0 Å². The number of hydrogen-bond donors (Lipinski definition) is 2. The number of benzene rings is 3. The van der Waals surface area contributed by atoms with Crippen LogP contribution in [-0.4, -0.2) is 34.7 Å². The normalized spacial score (nSPS) is 10.7. The van der Waals surface area contributed by atoms with Crippen molar-refractivity contribution in [2.24, 2.45) is 5.10 Å². The molecule has 0 aliphatic heterocycles. The van der Waals surface area contributed by atoms with Gasteiger partial charge in [-0.15, -0.1) is 0 Å². The molecule has 186 valence electrons. The summed E-state index contributed by atoms with van der Waals surface area (Å²) in [5.74, 6) is -0.952. The molecule has 0 atom stereocenters. The zero-order chi connectivity index (χ0) is 26.1. The predicted octanol–water partition coefficient (Wildman–Crippen LogP) is 4.62. The number of carbonyl (C=O) groups excluding carboxylic acids is 1. The summed E-state index contributed by atoms with van der Waals surface area (Å²) in [4.78, 5) is 33.9. The van der Waals surface area contributed by atoms with Gasteiger partial charge in [-0.2, -0.15) is 5.10 Å². The fraction of sp³-hybridized carbons (Fsp3) is 0.160. The quantitative estimate of drug-likeness (QED) is 0.217. The first-order valence-electron chi connectivity index (χ1n) is 10.7. The number of carboxylic acid groups (broad SMARTS) is 1. The summed E-state index contributed by atoms with van der Waals surface area (Å²) in [5, 5.41) is 24.4. The highest BCUT2D eigenvalue weighted by atomic mass is 35.5. The van der Waals surface area contributed by atoms with E-state index < -0.39 is 16.8 Å². The van der Waals surface area contributed by atoms with Crippen LogP contribution in [0.1, 0.15) is 34.0 Å². The second kappa shape index (κ2) is 12.3. The minimum atomic E-state index is -1.04. The molecule has 0 bridgehead atoms. The number of para-hydroxylation sites is 1. The number of nitro benzene ring substituents is 1. The van der Waals surface area contributed by atoms with Gasteiger partial charge in [-0.25, -0.2) is 10.2 Å². The third kappa shape index (κ3) is 7.03. The third-order valence-corrected chi connectivity index (χ3v) is 5.11. The van der Waals surface area contributed by atoms with Crippen molar-refractivity contribution < 1.29 is 29.1 Å². The summed E-state index contributed by atoms with van der Waals surface area (Å²) >= 11 is 6.40. The first-order valence-corrected chi connectivity index (χ1v) is 11.1. The maximum absolute atomic E-state index is 12.2. The first-order chi connectivity index (χ1) is 17.3. The Bertz CT molecular complexity index is 1310. The third-order valence-electron chi connectivity index (χ3n) is 4.83. The Balaban J connectivity index is 1.69. The minimum Gasteiger partial charge on any atom is -0.490 e. The molecule has 36 heavy (non-hydrogen) atoms. The molecule has 3 aromatic rings. The molecular formula is C25H22ClN3O7. The number of nitrogens with zero attached hydrogens (tertiary/aromatic N) is 2. The Morgan fingerprint density at radius 3 is 2.64 bits per heavy atom. The Hall–Kier alpha value is -4.44. The average Bonchev–Trinajstić information content (AvgIpc) is 2.84. The summed E-state index contributed by atoms with van der Waals surface area (Å²) < 4.78 is 11.5. The number of amides is 1. The van der Waals surface area contributed by atoms with Crippen LogP contribution in [0.25, 0.3) is 0 Å². The van der Waals surface area contributed by atoms with Gasteiger partial charge in [-0.1, -0.05) is 41.9 Å². The molecule has 11 heteroatoms. The molecule has 2 N–H and O–H groups in total. The van der Waals surface area contributed by atoms with E-state index in [1.807, 2.05) is 0 Å². The highest BCUT2D eigenvalue weighted by Gasteiger charge is 2.16. The van der Waals surface area contributed by atoms with Crippen molar-refractivity contribution in [2.75, 3.05) is 6.61 Å². The summed E-state index contributed by atoms with van der Waals surface area (Å²) in [6, 6.07) is 15.5. The van der Waals surface area contributed by atoms with Crippen LogP contribution in [0.2, 0.25) is 5.02 Å². The lowest BCUT2D eigenvalue weighted by molar-refractivity contribution is -0.385. The lowest BCUT2D eigenvalue weighted by Crippen LogP contribution is -2.20. The van der Waals surface area contributed by atoms with Crippen molar-refractivity contribution in [1.29, 1.82) is 0 Å². The van der Waals surface area contributed by atoms with Gasteiger partial charge in [0.15, 0.2) is 11.5 Å². The monoisotopic (exact) mass is 511 g/mol. The van der Waals surface area contributed by atoms with Crippen LogP contribution in [0.3, 0.4) is 0 Å². The van der Waals surface area contributed by atoms with Gasteiger partial charge >= 0.3 is 5.97 Å². The SMILES string of the molecule is CCOc1cc(/C=N/NC(=O)Cc2ccccc2[N+](=O)[O-])cc(Cl)c1OCc1cccc(C(=O)O)c1. The van der Waals surface area contributed by atoms with E-state index in [-0.39, 0.29) is 40.6 Å². The second-order valence-corrected chi connectivity index (χ2v) is 7.82. The Morgan fingerprint density at radius 2 is 1.92 bits per heavy atom. The molecule has 0 saturated heterocycles. The smallest absolute Gasteiger partial charge is 0.335 e. The first kappa shape index (κ1) is 26.2. The minimum absolute atomic E-state index is 0.0655. The lowest BCUT2D eigenvalue weighted by atomic mass is 10.1. The zero-order valence-corrected chi connectivity index (χ0v) is 19.9. The number of nitro groups is 1. The molecule has 0 aromatic heterocycles. The van der Waals surface area contributed by atoms with Crippen LogP contribution in [0.4, 0.5) is 5.69 Å². The van der Waals surface area contributed by atoms with Crippen molar-refractivity contribution >= 4 is 35.4 Å². The van der Waals surface area contributed by atoms with E-state index in [4.69, 9.17) is 26.2 Å². The fourth-order valence-corrected chi connectivity index (χ4v) is 3.52. The number of halogens is 1. The number of nitrogens with one attached hydrogen (secondary N) is 1. The van der Waals surface area contributed by atoms with Crippen molar-refractivity contribution in [3.63, 3.8) is 0 Å². The van der Waals surface area contributed by atoms with Crippen LogP contribution in [0.5, 0.6) is 11.5 Å². The average molecular weight is 512 g/mol. The molecular weight excluding hydrogens is 490 g/mol. The predicted molar refractivity (Wildman–Crippen MR) is 133 cm³/mol. The van der Waals surface area contributed by atoms with Gasteiger partial charge < -0.3 is 14.6 Å². The standard InChI is InChI=1S/C25H22ClN3O7/c1-2-35-22-12-17(14-27-28-23(30)13-18-7-3-4-9-21(18)29(33)34)11-20(26)24(22)36-15-16-6-5-8-19(10-16)25(31)32/h3-12,14H,2,13,15H2,1H3,(H,28,30)(H,31,32)/b27-14+. The summed E-state index contributed by atoms with van der Waals surface area (Å²) in [5.41, 5.74) is 3.75. The van der Waals surface area contributed by atoms with Crippen LogP contribution in [0.15, 0.2) is 65.8 Å². The largest absolute Gasteiger partial charge is 0.490 e. The number of carboxylic acids is 1. The van der Waals surface area contributed by atoms with E-state index in [0.29, 0.717) is 23.5 Å². The number of ether oxygens (including phenoxy) is 2. The fourth-order valence-electron chi connectivity index (χ4n) is 3.24. The summed E-state index contributed by atoms with van der Waals surface area (Å²) in [6.07, 6.45) is 1.14. The van der Waals surface area contributed by atoms with Crippen molar-refractivity contribution in [3.8, 4) is 11.5 Å². The molecule has 0 aliphatic carbocycles. The number of aromatic carboxylic acids is 1. The molecule has 3 aromatic carbocycles. The van der Waals surface area contributed by atoms with E-state index in [9.17, 15) is 19.7 Å². The molecule has 0 unspecified atom stereocenters. The van der Waals surface area contributed by atoms with E-state index >= 15 is 0 Å². The van der Waals surface area contributed by atoms with E-state index in [1.165, 1.54) is 36.5 Å². The van der Waals surface area contributed by atoms with Crippen LogP contribution in [-0.2, 0) is 17.8 Å². The Kier molecular flexibility index (Phi) is 8.95.